The van der Waals surface area contributed by atoms with Gasteiger partial charge in [0.2, 0.25) is 5.91 Å². The second kappa shape index (κ2) is 13.4. The SMILES string of the molecule is COC/C=C/C(=O)N1CCN(c2nc(OC[C@@H]3C[C@@H](OC)CN3C)nc3c(F)c(-c4cccc5cccc(C)c45)ncc23)CC1. The zero-order valence-corrected chi connectivity index (χ0v) is 26.2. The zero-order valence-electron chi connectivity index (χ0n) is 26.2. The summed E-state index contributed by atoms with van der Waals surface area (Å²) >= 11 is 0. The minimum absolute atomic E-state index is 0.0685. The third-order valence-corrected chi connectivity index (χ3v) is 8.81. The topological polar surface area (TPSA) is 93.2 Å². The Hall–Kier alpha value is -4.19. The van der Waals surface area contributed by atoms with Gasteiger partial charge in [0.15, 0.2) is 5.82 Å². The number of carbonyl (C=O) groups is 1. The number of aryl methyl sites for hydroxylation is 1. The fraction of sp³-hybridized carbons (Fsp3) is 0.412. The molecule has 0 spiro atoms. The molecular formula is C34H39FN6O4. The Labute approximate surface area is 262 Å². The molecule has 4 heterocycles. The molecule has 0 saturated carbocycles. The second-order valence-electron chi connectivity index (χ2n) is 11.7. The molecule has 2 aromatic heterocycles. The van der Waals surface area contributed by atoms with E-state index in [2.05, 4.69) is 14.9 Å². The standard InChI is InChI=1S/C34H39FN6O4/c1-22-8-5-9-23-10-6-11-26(29(22)23)31-30(35)32-27(19-36-31)33(41-15-13-40(14-16-41)28(42)12-7-17-43-3)38-34(37-32)45-21-24-18-25(44-4)20-39(24)2/h5-12,19,24-25H,13-18,20-21H2,1-4H3/b12-7+/t24-,25+/m0/s1. The predicted octanol–water partition coefficient (Wildman–Crippen LogP) is 4.24. The lowest BCUT2D eigenvalue weighted by molar-refractivity contribution is -0.126. The summed E-state index contributed by atoms with van der Waals surface area (Å²) in [7, 11) is 5.34. The number of anilines is 1. The maximum atomic E-state index is 16.6. The van der Waals surface area contributed by atoms with Crippen LogP contribution in [0.15, 0.2) is 54.7 Å². The molecule has 2 fully saturated rings. The van der Waals surface area contributed by atoms with Crippen LogP contribution < -0.4 is 9.64 Å². The molecule has 0 bridgehead atoms. The Balaban J connectivity index is 1.36. The average Bonchev–Trinajstić information content (AvgIpc) is 3.43. The molecule has 0 unspecified atom stereocenters. The fourth-order valence-corrected chi connectivity index (χ4v) is 6.30. The summed E-state index contributed by atoms with van der Waals surface area (Å²) in [5, 5.41) is 2.47. The maximum absolute atomic E-state index is 16.6. The Bertz CT molecular complexity index is 1720. The summed E-state index contributed by atoms with van der Waals surface area (Å²) in [5.74, 6) is -0.0501. The zero-order chi connectivity index (χ0) is 31.5. The molecule has 45 heavy (non-hydrogen) atoms. The highest BCUT2D eigenvalue weighted by Gasteiger charge is 2.31. The van der Waals surface area contributed by atoms with Crippen LogP contribution in [0.25, 0.3) is 32.9 Å². The van der Waals surface area contributed by atoms with E-state index < -0.39 is 5.82 Å². The number of hydrogen-bond donors (Lipinski definition) is 0. The van der Waals surface area contributed by atoms with Gasteiger partial charge in [0.1, 0.15) is 23.6 Å². The minimum Gasteiger partial charge on any atom is -0.462 e. The van der Waals surface area contributed by atoms with Gasteiger partial charge in [-0.15, -0.1) is 0 Å². The lowest BCUT2D eigenvalue weighted by Gasteiger charge is -2.35. The van der Waals surface area contributed by atoms with Gasteiger partial charge in [-0.1, -0.05) is 42.5 Å². The number of carbonyl (C=O) groups excluding carboxylic acids is 1. The van der Waals surface area contributed by atoms with Crippen molar-refractivity contribution < 1.29 is 23.4 Å². The number of ether oxygens (including phenoxy) is 3. The molecule has 4 aromatic rings. The molecule has 2 saturated heterocycles. The summed E-state index contributed by atoms with van der Waals surface area (Å²) in [4.78, 5) is 32.7. The smallest absolute Gasteiger partial charge is 0.319 e. The summed E-state index contributed by atoms with van der Waals surface area (Å²) in [5.41, 5.74) is 2.13. The van der Waals surface area contributed by atoms with Crippen LogP contribution in [0.4, 0.5) is 10.2 Å². The average molecular weight is 615 g/mol. The van der Waals surface area contributed by atoms with Crippen molar-refractivity contribution in [1.29, 1.82) is 0 Å². The monoisotopic (exact) mass is 614 g/mol. The van der Waals surface area contributed by atoms with E-state index in [-0.39, 0.29) is 35.3 Å². The number of benzene rings is 2. The second-order valence-corrected chi connectivity index (χ2v) is 11.7. The van der Waals surface area contributed by atoms with Crippen molar-refractivity contribution in [3.8, 4) is 17.3 Å². The number of aromatic nitrogens is 3. The molecule has 2 aliphatic heterocycles. The van der Waals surface area contributed by atoms with Gasteiger partial charge in [0.05, 0.1) is 18.1 Å². The molecule has 0 aliphatic carbocycles. The first-order valence-electron chi connectivity index (χ1n) is 15.3. The number of piperazine rings is 1. The summed E-state index contributed by atoms with van der Waals surface area (Å²) < 4.78 is 33.4. The lowest BCUT2D eigenvalue weighted by Crippen LogP contribution is -2.48. The van der Waals surface area contributed by atoms with Crippen LogP contribution in [-0.4, -0.2) is 110 Å². The maximum Gasteiger partial charge on any atom is 0.319 e. The molecule has 2 atom stereocenters. The van der Waals surface area contributed by atoms with Gasteiger partial charge in [-0.05, 0) is 36.7 Å². The highest BCUT2D eigenvalue weighted by atomic mass is 19.1. The minimum atomic E-state index is -0.522. The molecule has 2 aliphatic rings. The van der Waals surface area contributed by atoms with Gasteiger partial charge in [-0.2, -0.15) is 9.97 Å². The summed E-state index contributed by atoms with van der Waals surface area (Å²) in [6.07, 6.45) is 5.86. The third-order valence-electron chi connectivity index (χ3n) is 8.81. The van der Waals surface area contributed by atoms with Crippen LogP contribution in [0.3, 0.4) is 0 Å². The molecule has 236 valence electrons. The molecule has 6 rings (SSSR count). The van der Waals surface area contributed by atoms with Crippen LogP contribution in [0.1, 0.15) is 12.0 Å². The quantitative estimate of drug-likeness (QED) is 0.257. The Morgan fingerprint density at radius 2 is 1.87 bits per heavy atom. The van der Waals surface area contributed by atoms with Crippen molar-refractivity contribution >= 4 is 33.4 Å². The van der Waals surface area contributed by atoms with E-state index in [1.54, 1.807) is 31.4 Å². The van der Waals surface area contributed by atoms with Gasteiger partial charge >= 0.3 is 6.01 Å². The van der Waals surface area contributed by atoms with E-state index in [0.29, 0.717) is 56.2 Å². The number of fused-ring (bicyclic) bond motifs is 2. The molecule has 0 radical (unpaired) electrons. The number of likely N-dealkylation sites (tertiary alicyclic amines) is 1. The first-order chi connectivity index (χ1) is 21.9. The molecular weight excluding hydrogens is 575 g/mol. The van der Waals surface area contributed by atoms with E-state index >= 15 is 4.39 Å². The Morgan fingerprint density at radius 3 is 2.60 bits per heavy atom. The summed E-state index contributed by atoms with van der Waals surface area (Å²) in [6, 6.07) is 12.1. The van der Waals surface area contributed by atoms with Crippen LogP contribution >= 0.6 is 0 Å². The van der Waals surface area contributed by atoms with Gasteiger partial charge in [0.25, 0.3) is 0 Å². The number of pyridine rings is 1. The first kappa shape index (κ1) is 30.8. The van der Waals surface area contributed by atoms with Gasteiger partial charge in [0, 0.05) is 70.8 Å². The first-order valence-corrected chi connectivity index (χ1v) is 15.3. The highest BCUT2D eigenvalue weighted by Crippen LogP contribution is 2.36. The van der Waals surface area contributed by atoms with Gasteiger partial charge < -0.3 is 24.0 Å². The van der Waals surface area contributed by atoms with Gasteiger partial charge in [-0.25, -0.2) is 4.39 Å². The van der Waals surface area contributed by atoms with Crippen molar-refractivity contribution in [2.75, 3.05) is 72.1 Å². The van der Waals surface area contributed by atoms with Crippen LogP contribution in [0.5, 0.6) is 6.01 Å². The van der Waals surface area contributed by atoms with Crippen molar-refractivity contribution in [2.24, 2.45) is 0 Å². The number of amides is 1. The number of halogens is 1. The normalized spacial score (nSPS) is 19.3. The number of hydrogen-bond acceptors (Lipinski definition) is 9. The van der Waals surface area contributed by atoms with Crippen molar-refractivity contribution in [1.82, 2.24) is 24.8 Å². The van der Waals surface area contributed by atoms with Crippen molar-refractivity contribution in [3.63, 3.8) is 0 Å². The van der Waals surface area contributed by atoms with Crippen LogP contribution in [0.2, 0.25) is 0 Å². The van der Waals surface area contributed by atoms with E-state index in [9.17, 15) is 4.79 Å². The van der Waals surface area contributed by atoms with E-state index in [0.717, 1.165) is 29.3 Å². The predicted molar refractivity (Wildman–Crippen MR) is 172 cm³/mol. The van der Waals surface area contributed by atoms with Crippen molar-refractivity contribution in [3.05, 3.63) is 66.1 Å². The molecule has 10 nitrogen and oxygen atoms in total. The molecule has 11 heteroatoms. The summed E-state index contributed by atoms with van der Waals surface area (Å²) in [6.45, 7) is 5.57. The Morgan fingerprint density at radius 1 is 1.09 bits per heavy atom. The number of nitrogens with zero attached hydrogens (tertiary/aromatic N) is 6. The number of likely N-dealkylation sites (N-methyl/N-ethyl adjacent to an activating group) is 1. The van der Waals surface area contributed by atoms with Crippen molar-refractivity contribution in [2.45, 2.75) is 25.5 Å². The molecule has 2 aromatic carbocycles. The number of rotatable bonds is 9. The molecule has 0 N–H and O–H groups in total. The van der Waals surface area contributed by atoms with E-state index in [1.165, 1.54) is 6.08 Å². The van der Waals surface area contributed by atoms with Crippen LogP contribution in [0, 0.1) is 12.7 Å². The lowest BCUT2D eigenvalue weighted by atomic mass is 9.97. The largest absolute Gasteiger partial charge is 0.462 e. The Kier molecular flexibility index (Phi) is 9.20. The van der Waals surface area contributed by atoms with E-state index in [1.807, 2.05) is 55.3 Å². The fourth-order valence-electron chi connectivity index (χ4n) is 6.30. The third kappa shape index (κ3) is 6.33. The van der Waals surface area contributed by atoms with E-state index in [4.69, 9.17) is 19.2 Å². The van der Waals surface area contributed by atoms with Gasteiger partial charge in [-0.3, -0.25) is 14.7 Å². The number of methoxy groups -OCH3 is 2. The highest BCUT2D eigenvalue weighted by molar-refractivity contribution is 6.00. The molecule has 1 amide bonds. The van der Waals surface area contributed by atoms with Crippen LogP contribution in [-0.2, 0) is 14.3 Å².